The van der Waals surface area contributed by atoms with E-state index < -0.39 is 6.10 Å². The van der Waals surface area contributed by atoms with Crippen LogP contribution in [-0.2, 0) is 6.42 Å². The number of benzene rings is 2. The van der Waals surface area contributed by atoms with Gasteiger partial charge < -0.3 is 14.7 Å². The minimum absolute atomic E-state index is 0.109. The van der Waals surface area contributed by atoms with E-state index in [4.69, 9.17) is 4.74 Å². The fourth-order valence-electron chi connectivity index (χ4n) is 3.49. The van der Waals surface area contributed by atoms with E-state index in [1.165, 1.54) is 24.8 Å². The highest BCUT2D eigenvalue weighted by atomic mass is 16.5. The summed E-state index contributed by atoms with van der Waals surface area (Å²) < 4.78 is 5.73. The van der Waals surface area contributed by atoms with E-state index in [0.717, 1.165) is 19.5 Å². The molecule has 0 saturated carbocycles. The van der Waals surface area contributed by atoms with Gasteiger partial charge in [-0.25, -0.2) is 0 Å². The zero-order valence-electron chi connectivity index (χ0n) is 15.8. The summed E-state index contributed by atoms with van der Waals surface area (Å²) >= 11 is 0. The molecule has 1 saturated heterocycles. The predicted octanol–water partition coefficient (Wildman–Crippen LogP) is 3.73. The smallest absolute Gasteiger partial charge is 0.163 e. The van der Waals surface area contributed by atoms with E-state index in [2.05, 4.69) is 4.90 Å². The first-order valence-electron chi connectivity index (χ1n) is 9.91. The molecule has 1 heterocycles. The lowest BCUT2D eigenvalue weighted by molar-refractivity contribution is 0.0617. The van der Waals surface area contributed by atoms with Gasteiger partial charge in [-0.15, -0.1) is 0 Å². The van der Waals surface area contributed by atoms with Crippen molar-refractivity contribution in [2.75, 3.05) is 26.2 Å². The van der Waals surface area contributed by atoms with Crippen molar-refractivity contribution in [1.29, 1.82) is 0 Å². The van der Waals surface area contributed by atoms with Crippen LogP contribution in [-0.4, -0.2) is 48.1 Å². The molecule has 0 spiro atoms. The van der Waals surface area contributed by atoms with Crippen molar-refractivity contribution in [2.24, 2.45) is 0 Å². The molecule has 0 aliphatic carbocycles. The van der Waals surface area contributed by atoms with Crippen molar-refractivity contribution in [3.63, 3.8) is 0 Å². The third-order valence-electron chi connectivity index (χ3n) is 5.00. The average Bonchev–Trinajstić information content (AvgIpc) is 2.72. The monoisotopic (exact) mass is 367 g/mol. The zero-order valence-corrected chi connectivity index (χ0v) is 15.8. The number of carbonyl (C=O) groups excluding carboxylic acids is 1. The van der Waals surface area contributed by atoms with E-state index in [-0.39, 0.29) is 12.4 Å². The lowest BCUT2D eigenvalue weighted by Crippen LogP contribution is -2.38. The molecule has 2 aromatic rings. The number of aliphatic hydroxyl groups excluding tert-OH is 1. The number of β-amino-alcohol motifs (C(OH)–C–C–N with tert-alkyl or cyclic N) is 1. The molecule has 1 aliphatic heterocycles. The van der Waals surface area contributed by atoms with Gasteiger partial charge in [-0.05, 0) is 50.0 Å². The Balaban J connectivity index is 1.46. The highest BCUT2D eigenvalue weighted by Crippen LogP contribution is 2.17. The van der Waals surface area contributed by atoms with E-state index in [9.17, 15) is 9.90 Å². The average molecular weight is 367 g/mol. The van der Waals surface area contributed by atoms with E-state index in [1.807, 2.05) is 48.5 Å². The van der Waals surface area contributed by atoms with Crippen molar-refractivity contribution in [3.05, 3.63) is 65.7 Å². The Bertz CT molecular complexity index is 711. The van der Waals surface area contributed by atoms with Gasteiger partial charge in [-0.1, -0.05) is 48.9 Å². The lowest BCUT2D eigenvalue weighted by Gasteiger charge is -2.28. The minimum Gasteiger partial charge on any atom is -0.491 e. The van der Waals surface area contributed by atoms with Crippen LogP contribution in [0.3, 0.4) is 0 Å². The van der Waals surface area contributed by atoms with E-state index in [0.29, 0.717) is 24.3 Å². The van der Waals surface area contributed by atoms with Gasteiger partial charge in [0, 0.05) is 18.5 Å². The molecule has 1 aliphatic rings. The molecule has 1 atom stereocenters. The molecule has 4 heteroatoms. The summed E-state index contributed by atoms with van der Waals surface area (Å²) in [6, 6.07) is 17.3. The summed E-state index contributed by atoms with van der Waals surface area (Å²) in [7, 11) is 0. The largest absolute Gasteiger partial charge is 0.491 e. The summed E-state index contributed by atoms with van der Waals surface area (Å²) in [4.78, 5) is 14.8. The van der Waals surface area contributed by atoms with Gasteiger partial charge in [0.25, 0.3) is 0 Å². The van der Waals surface area contributed by atoms with Crippen LogP contribution in [0.25, 0.3) is 0 Å². The van der Waals surface area contributed by atoms with Crippen molar-refractivity contribution in [3.8, 4) is 5.75 Å². The molecular weight excluding hydrogens is 338 g/mol. The first-order chi connectivity index (χ1) is 13.2. The number of piperidine rings is 1. The van der Waals surface area contributed by atoms with E-state index in [1.54, 1.807) is 6.07 Å². The van der Waals surface area contributed by atoms with Gasteiger partial charge in [0.15, 0.2) is 5.78 Å². The molecular formula is C23H29NO3. The van der Waals surface area contributed by atoms with Gasteiger partial charge >= 0.3 is 0 Å². The maximum Gasteiger partial charge on any atom is 0.163 e. The fourth-order valence-corrected chi connectivity index (χ4v) is 3.49. The van der Waals surface area contributed by atoms with Crippen LogP contribution in [0.15, 0.2) is 54.6 Å². The number of carbonyl (C=O) groups is 1. The van der Waals surface area contributed by atoms with Gasteiger partial charge in [0.1, 0.15) is 18.5 Å². The number of hydrogen-bond donors (Lipinski definition) is 1. The number of nitrogens with zero attached hydrogens (tertiary/aromatic N) is 1. The number of Topliss-reactive ketones (excluding diaryl/α,β-unsaturated/α-hetero) is 1. The van der Waals surface area contributed by atoms with Crippen LogP contribution in [0.1, 0.15) is 41.6 Å². The summed E-state index contributed by atoms with van der Waals surface area (Å²) in [5.74, 6) is 0.747. The Kier molecular flexibility index (Phi) is 7.43. The summed E-state index contributed by atoms with van der Waals surface area (Å²) in [5, 5.41) is 10.2. The number of hydrogen-bond acceptors (Lipinski definition) is 4. The fraction of sp³-hybridized carbons (Fsp3) is 0.435. The van der Waals surface area contributed by atoms with Gasteiger partial charge in [0.2, 0.25) is 0 Å². The topological polar surface area (TPSA) is 49.8 Å². The summed E-state index contributed by atoms with van der Waals surface area (Å²) in [5.41, 5.74) is 1.83. The standard InChI is InChI=1S/C23H29NO3/c25-21(17-24-14-5-2-6-15-24)18-27-22-11-7-10-20(16-22)23(26)13-12-19-8-3-1-4-9-19/h1,3-4,7-11,16,21,25H,2,5-6,12-15,17-18H2/t21-/m1/s1. The van der Waals surface area contributed by atoms with Gasteiger partial charge in [-0.3, -0.25) is 4.79 Å². The third-order valence-corrected chi connectivity index (χ3v) is 5.00. The quantitative estimate of drug-likeness (QED) is 0.686. The normalized spacial score (nSPS) is 16.0. The van der Waals surface area contributed by atoms with Crippen LogP contribution in [0, 0.1) is 0 Å². The van der Waals surface area contributed by atoms with Gasteiger partial charge in [0.05, 0.1) is 0 Å². The highest BCUT2D eigenvalue weighted by molar-refractivity contribution is 5.96. The van der Waals surface area contributed by atoms with Crippen molar-refractivity contribution in [1.82, 2.24) is 4.90 Å². The Hall–Kier alpha value is -2.17. The number of ketones is 1. The molecule has 144 valence electrons. The third kappa shape index (κ3) is 6.49. The van der Waals surface area contributed by atoms with E-state index >= 15 is 0 Å². The molecule has 4 nitrogen and oxygen atoms in total. The number of likely N-dealkylation sites (tertiary alicyclic amines) is 1. The first-order valence-corrected chi connectivity index (χ1v) is 9.91. The number of rotatable bonds is 9. The lowest BCUT2D eigenvalue weighted by atomic mass is 10.0. The zero-order chi connectivity index (χ0) is 18.9. The summed E-state index contributed by atoms with van der Waals surface area (Å²) in [6.45, 7) is 3.01. The molecule has 1 fully saturated rings. The predicted molar refractivity (Wildman–Crippen MR) is 107 cm³/mol. The second-order valence-electron chi connectivity index (χ2n) is 7.26. The Labute approximate surface area is 161 Å². The summed E-state index contributed by atoms with van der Waals surface area (Å²) in [6.07, 6.45) is 4.40. The Morgan fingerprint density at radius 3 is 2.59 bits per heavy atom. The van der Waals surface area contributed by atoms with Crippen molar-refractivity contribution in [2.45, 2.75) is 38.2 Å². The molecule has 3 rings (SSSR count). The second kappa shape index (κ2) is 10.2. The highest BCUT2D eigenvalue weighted by Gasteiger charge is 2.15. The molecule has 0 unspecified atom stereocenters. The number of aryl methyl sites for hydroxylation is 1. The first kappa shape index (κ1) is 19.6. The van der Waals surface area contributed by atoms with Crippen LogP contribution >= 0.6 is 0 Å². The molecule has 0 radical (unpaired) electrons. The molecule has 2 aromatic carbocycles. The molecule has 0 amide bonds. The maximum absolute atomic E-state index is 12.5. The molecule has 27 heavy (non-hydrogen) atoms. The van der Waals surface area contributed by atoms with Crippen LogP contribution < -0.4 is 4.74 Å². The van der Waals surface area contributed by atoms with Gasteiger partial charge in [-0.2, -0.15) is 0 Å². The Morgan fingerprint density at radius 2 is 1.81 bits per heavy atom. The molecule has 0 bridgehead atoms. The van der Waals surface area contributed by atoms with Crippen molar-refractivity contribution < 1.29 is 14.6 Å². The molecule has 1 N–H and O–H groups in total. The Morgan fingerprint density at radius 1 is 1.04 bits per heavy atom. The minimum atomic E-state index is -0.513. The van der Waals surface area contributed by atoms with Crippen LogP contribution in [0.2, 0.25) is 0 Å². The molecule has 0 aromatic heterocycles. The maximum atomic E-state index is 12.5. The van der Waals surface area contributed by atoms with Crippen LogP contribution in [0.4, 0.5) is 0 Å². The number of ether oxygens (including phenoxy) is 1. The number of aliphatic hydroxyl groups is 1. The second-order valence-corrected chi connectivity index (χ2v) is 7.26. The van der Waals surface area contributed by atoms with Crippen LogP contribution in [0.5, 0.6) is 5.75 Å². The SMILES string of the molecule is O=C(CCc1ccccc1)c1cccc(OC[C@H](O)CN2CCCCC2)c1. The van der Waals surface area contributed by atoms with Crippen molar-refractivity contribution >= 4 is 5.78 Å².